The van der Waals surface area contributed by atoms with Crippen LogP contribution in [0.15, 0.2) is 24.3 Å². The Morgan fingerprint density at radius 1 is 1.09 bits per heavy atom. The molecule has 0 aliphatic carbocycles. The van der Waals surface area contributed by atoms with E-state index in [1.807, 2.05) is 12.1 Å². The van der Waals surface area contributed by atoms with Gasteiger partial charge in [0, 0.05) is 50.5 Å². The molecule has 2 heterocycles. The van der Waals surface area contributed by atoms with Crippen LogP contribution in [0.5, 0.6) is 0 Å². The molecule has 1 amide bonds. The monoisotopic (exact) mass is 317 g/mol. The van der Waals surface area contributed by atoms with E-state index in [0.717, 1.165) is 31.9 Å². The molecule has 0 spiro atoms. The van der Waals surface area contributed by atoms with E-state index in [1.54, 1.807) is 4.90 Å². The van der Waals surface area contributed by atoms with Crippen LogP contribution in [-0.2, 0) is 14.3 Å². The van der Waals surface area contributed by atoms with Gasteiger partial charge in [0.1, 0.15) is 0 Å². The molecule has 1 aromatic carbocycles. The number of piperazine rings is 1. The van der Waals surface area contributed by atoms with Crippen molar-refractivity contribution in [2.75, 3.05) is 56.7 Å². The van der Waals surface area contributed by atoms with Crippen LogP contribution in [0.1, 0.15) is 6.42 Å². The first-order valence-electron chi connectivity index (χ1n) is 8.00. The molecule has 1 atom stereocenters. The number of hydrogen-bond donors (Lipinski definition) is 0. The fourth-order valence-corrected chi connectivity index (χ4v) is 3.19. The van der Waals surface area contributed by atoms with E-state index >= 15 is 0 Å². The first kappa shape index (κ1) is 15.8. The number of nitrogens with zero attached hydrogens (tertiary/aromatic N) is 3. The Balaban J connectivity index is 1.68. The molecule has 124 valence electrons. The Morgan fingerprint density at radius 3 is 2.30 bits per heavy atom. The van der Waals surface area contributed by atoms with E-state index in [2.05, 4.69) is 29.0 Å². The van der Waals surface area contributed by atoms with Crippen LogP contribution in [-0.4, -0.2) is 63.7 Å². The van der Waals surface area contributed by atoms with Gasteiger partial charge in [-0.25, -0.2) is 0 Å². The van der Waals surface area contributed by atoms with Crippen LogP contribution in [0.25, 0.3) is 0 Å². The normalized spacial score (nSPS) is 22.5. The van der Waals surface area contributed by atoms with Gasteiger partial charge in [0.25, 0.3) is 0 Å². The number of esters is 1. The number of amides is 1. The Kier molecular flexibility index (Phi) is 4.52. The van der Waals surface area contributed by atoms with Crippen molar-refractivity contribution in [1.82, 2.24) is 4.90 Å². The van der Waals surface area contributed by atoms with Crippen molar-refractivity contribution >= 4 is 23.3 Å². The molecule has 2 fully saturated rings. The predicted molar refractivity (Wildman–Crippen MR) is 88.6 cm³/mol. The molecule has 1 unspecified atom stereocenters. The van der Waals surface area contributed by atoms with E-state index in [-0.39, 0.29) is 24.2 Å². The van der Waals surface area contributed by atoms with Crippen molar-refractivity contribution in [3.05, 3.63) is 24.3 Å². The first-order chi connectivity index (χ1) is 11.1. The SMILES string of the molecule is COC(=O)C1CC(=O)N(c2ccc(N3CCN(C)CC3)cc2)C1. The number of anilines is 2. The summed E-state index contributed by atoms with van der Waals surface area (Å²) in [6.07, 6.45) is 0.229. The van der Waals surface area contributed by atoms with Crippen molar-refractivity contribution in [2.45, 2.75) is 6.42 Å². The highest BCUT2D eigenvalue weighted by molar-refractivity contribution is 5.99. The maximum atomic E-state index is 12.1. The zero-order chi connectivity index (χ0) is 16.4. The smallest absolute Gasteiger partial charge is 0.311 e. The molecular formula is C17H23N3O3. The highest BCUT2D eigenvalue weighted by Crippen LogP contribution is 2.28. The summed E-state index contributed by atoms with van der Waals surface area (Å²) in [5.41, 5.74) is 2.03. The van der Waals surface area contributed by atoms with Crippen LogP contribution in [0.4, 0.5) is 11.4 Å². The average Bonchev–Trinajstić information content (AvgIpc) is 2.97. The summed E-state index contributed by atoms with van der Waals surface area (Å²) in [7, 11) is 3.50. The van der Waals surface area contributed by atoms with Crippen LogP contribution >= 0.6 is 0 Å². The standard InChI is InChI=1S/C17H23N3O3/c1-18-7-9-19(10-8-18)14-3-5-15(6-4-14)20-12-13(11-16(20)21)17(22)23-2/h3-6,13H,7-12H2,1-2H3. The number of carbonyl (C=O) groups is 2. The molecule has 1 aromatic rings. The summed E-state index contributed by atoms with van der Waals surface area (Å²) >= 11 is 0. The number of carbonyl (C=O) groups excluding carboxylic acids is 2. The van der Waals surface area contributed by atoms with Gasteiger partial charge >= 0.3 is 5.97 Å². The van der Waals surface area contributed by atoms with Gasteiger partial charge in [-0.1, -0.05) is 0 Å². The minimum atomic E-state index is -0.357. The van der Waals surface area contributed by atoms with Crippen LogP contribution in [0, 0.1) is 5.92 Å². The molecule has 6 heteroatoms. The molecule has 3 rings (SSSR count). The number of ether oxygens (including phenoxy) is 1. The minimum absolute atomic E-state index is 0.0206. The number of benzene rings is 1. The second-order valence-corrected chi connectivity index (χ2v) is 6.24. The lowest BCUT2D eigenvalue weighted by Gasteiger charge is -2.34. The van der Waals surface area contributed by atoms with Crippen molar-refractivity contribution in [3.63, 3.8) is 0 Å². The van der Waals surface area contributed by atoms with Gasteiger partial charge < -0.3 is 19.4 Å². The second-order valence-electron chi connectivity index (χ2n) is 6.24. The molecule has 2 aliphatic rings. The summed E-state index contributed by atoms with van der Waals surface area (Å²) in [6, 6.07) is 8.04. The number of hydrogen-bond acceptors (Lipinski definition) is 5. The van der Waals surface area contributed by atoms with E-state index in [9.17, 15) is 9.59 Å². The van der Waals surface area contributed by atoms with E-state index in [1.165, 1.54) is 12.8 Å². The largest absolute Gasteiger partial charge is 0.469 e. The first-order valence-corrected chi connectivity index (χ1v) is 8.00. The summed E-state index contributed by atoms with van der Waals surface area (Å²) in [5.74, 6) is -0.688. The number of methoxy groups -OCH3 is 1. The Hall–Kier alpha value is -2.08. The molecule has 6 nitrogen and oxygen atoms in total. The molecular weight excluding hydrogens is 294 g/mol. The molecule has 0 radical (unpaired) electrons. The Labute approximate surface area is 136 Å². The molecule has 0 aromatic heterocycles. The van der Waals surface area contributed by atoms with Crippen LogP contribution < -0.4 is 9.80 Å². The molecule has 2 aliphatic heterocycles. The van der Waals surface area contributed by atoms with Gasteiger partial charge in [-0.05, 0) is 31.3 Å². The number of rotatable bonds is 3. The van der Waals surface area contributed by atoms with Crippen molar-refractivity contribution < 1.29 is 14.3 Å². The summed E-state index contributed by atoms with van der Waals surface area (Å²) in [5, 5.41) is 0. The zero-order valence-corrected chi connectivity index (χ0v) is 13.7. The van der Waals surface area contributed by atoms with Gasteiger partial charge in [0.15, 0.2) is 0 Å². The lowest BCUT2D eigenvalue weighted by molar-refractivity contribution is -0.145. The second kappa shape index (κ2) is 6.58. The van der Waals surface area contributed by atoms with Crippen molar-refractivity contribution in [1.29, 1.82) is 0 Å². The lowest BCUT2D eigenvalue weighted by Crippen LogP contribution is -2.44. The molecule has 0 saturated carbocycles. The maximum Gasteiger partial charge on any atom is 0.311 e. The fourth-order valence-electron chi connectivity index (χ4n) is 3.19. The quantitative estimate of drug-likeness (QED) is 0.778. The van der Waals surface area contributed by atoms with Gasteiger partial charge in [-0.2, -0.15) is 0 Å². The van der Waals surface area contributed by atoms with E-state index in [4.69, 9.17) is 4.74 Å². The third kappa shape index (κ3) is 3.32. The van der Waals surface area contributed by atoms with Crippen LogP contribution in [0.2, 0.25) is 0 Å². The highest BCUT2D eigenvalue weighted by Gasteiger charge is 2.35. The van der Waals surface area contributed by atoms with Crippen molar-refractivity contribution in [3.8, 4) is 0 Å². The average molecular weight is 317 g/mol. The predicted octanol–water partition coefficient (Wildman–Crippen LogP) is 0.964. The lowest BCUT2D eigenvalue weighted by atomic mass is 10.1. The number of likely N-dealkylation sites (N-methyl/N-ethyl adjacent to an activating group) is 1. The third-order valence-corrected chi connectivity index (χ3v) is 4.69. The minimum Gasteiger partial charge on any atom is -0.469 e. The Bertz CT molecular complexity index is 579. The Morgan fingerprint density at radius 2 is 1.70 bits per heavy atom. The summed E-state index contributed by atoms with van der Waals surface area (Å²) < 4.78 is 4.75. The highest BCUT2D eigenvalue weighted by atomic mass is 16.5. The summed E-state index contributed by atoms with van der Waals surface area (Å²) in [4.78, 5) is 30.1. The third-order valence-electron chi connectivity index (χ3n) is 4.69. The summed E-state index contributed by atoms with van der Waals surface area (Å²) in [6.45, 7) is 4.56. The molecule has 0 N–H and O–H groups in total. The van der Waals surface area contributed by atoms with E-state index < -0.39 is 0 Å². The van der Waals surface area contributed by atoms with Gasteiger partial charge in [-0.15, -0.1) is 0 Å². The van der Waals surface area contributed by atoms with Gasteiger partial charge in [-0.3, -0.25) is 9.59 Å². The molecule has 0 bridgehead atoms. The van der Waals surface area contributed by atoms with Crippen molar-refractivity contribution in [2.24, 2.45) is 5.92 Å². The zero-order valence-electron chi connectivity index (χ0n) is 13.7. The van der Waals surface area contributed by atoms with Gasteiger partial charge in [0.05, 0.1) is 13.0 Å². The topological polar surface area (TPSA) is 53.1 Å². The van der Waals surface area contributed by atoms with E-state index in [0.29, 0.717) is 6.54 Å². The van der Waals surface area contributed by atoms with Gasteiger partial charge in [0.2, 0.25) is 5.91 Å². The maximum absolute atomic E-state index is 12.1. The molecule has 2 saturated heterocycles. The van der Waals surface area contributed by atoms with Crippen LogP contribution in [0.3, 0.4) is 0 Å². The fraction of sp³-hybridized carbons (Fsp3) is 0.529. The molecule has 23 heavy (non-hydrogen) atoms.